The third-order valence-electron chi connectivity index (χ3n) is 5.20. The highest BCUT2D eigenvalue weighted by Gasteiger charge is 2.23. The lowest BCUT2D eigenvalue weighted by Gasteiger charge is -2.35. The average Bonchev–Trinajstić information content (AvgIpc) is 2.94. The summed E-state index contributed by atoms with van der Waals surface area (Å²) in [4.78, 5) is 2.51. The lowest BCUT2D eigenvalue weighted by Crippen LogP contribution is -2.42. The number of aryl methyl sites for hydroxylation is 2. The fourth-order valence-electron chi connectivity index (χ4n) is 3.75. The summed E-state index contributed by atoms with van der Waals surface area (Å²) >= 11 is 6.49. The SMILES string of the molecule is Cc1cccc(C(CNCc2c(C(C)C)nn(C)c2Cl)N2CCOCC2)c1. The number of aromatic nitrogens is 2. The highest BCUT2D eigenvalue weighted by Crippen LogP contribution is 2.26. The molecular weight excluding hydrogens is 360 g/mol. The molecule has 1 saturated heterocycles. The number of ether oxygens (including phenoxy) is 1. The molecule has 1 aliphatic heterocycles. The lowest BCUT2D eigenvalue weighted by molar-refractivity contribution is 0.0161. The summed E-state index contributed by atoms with van der Waals surface area (Å²) in [6, 6.07) is 9.14. The number of hydrogen-bond donors (Lipinski definition) is 1. The molecule has 0 radical (unpaired) electrons. The smallest absolute Gasteiger partial charge is 0.131 e. The van der Waals surface area contributed by atoms with Crippen LogP contribution < -0.4 is 5.32 Å². The van der Waals surface area contributed by atoms with Gasteiger partial charge in [-0.15, -0.1) is 0 Å². The van der Waals surface area contributed by atoms with Gasteiger partial charge in [-0.1, -0.05) is 55.3 Å². The van der Waals surface area contributed by atoms with Crippen molar-refractivity contribution in [3.8, 4) is 0 Å². The van der Waals surface area contributed by atoms with Crippen LogP contribution in [0.15, 0.2) is 24.3 Å². The van der Waals surface area contributed by atoms with Crippen LogP contribution in [0.5, 0.6) is 0 Å². The van der Waals surface area contributed by atoms with Gasteiger partial charge in [0.15, 0.2) is 0 Å². The number of nitrogens with one attached hydrogen (secondary N) is 1. The molecule has 1 unspecified atom stereocenters. The number of morpholine rings is 1. The van der Waals surface area contributed by atoms with Crippen molar-refractivity contribution < 1.29 is 4.74 Å². The molecule has 1 aliphatic rings. The summed E-state index contributed by atoms with van der Waals surface area (Å²) in [5.41, 5.74) is 4.83. The molecule has 2 aromatic rings. The summed E-state index contributed by atoms with van der Waals surface area (Å²) < 4.78 is 7.33. The third-order valence-corrected chi connectivity index (χ3v) is 5.67. The van der Waals surface area contributed by atoms with Crippen LogP contribution in [0.1, 0.15) is 48.2 Å². The van der Waals surface area contributed by atoms with Gasteiger partial charge in [-0.3, -0.25) is 9.58 Å². The van der Waals surface area contributed by atoms with Crippen LogP contribution in [0.4, 0.5) is 0 Å². The molecule has 5 nitrogen and oxygen atoms in total. The van der Waals surface area contributed by atoms with E-state index >= 15 is 0 Å². The van der Waals surface area contributed by atoms with Crippen LogP contribution >= 0.6 is 11.6 Å². The third kappa shape index (κ3) is 4.91. The molecule has 0 bridgehead atoms. The van der Waals surface area contributed by atoms with Gasteiger partial charge in [0, 0.05) is 44.8 Å². The largest absolute Gasteiger partial charge is 0.379 e. The predicted octanol–water partition coefficient (Wildman–Crippen LogP) is 3.67. The molecule has 1 fully saturated rings. The van der Waals surface area contributed by atoms with Crippen LogP contribution in [-0.2, 0) is 18.3 Å². The fourth-order valence-corrected chi connectivity index (χ4v) is 3.95. The monoisotopic (exact) mass is 390 g/mol. The maximum atomic E-state index is 6.49. The van der Waals surface area contributed by atoms with E-state index in [9.17, 15) is 0 Å². The first kappa shape index (κ1) is 20.3. The molecule has 0 spiro atoms. The fraction of sp³-hybridized carbons (Fsp3) is 0.571. The van der Waals surface area contributed by atoms with Gasteiger partial charge in [0.1, 0.15) is 5.15 Å². The van der Waals surface area contributed by atoms with Gasteiger partial charge in [-0.25, -0.2) is 0 Å². The van der Waals surface area contributed by atoms with Gasteiger partial charge in [0.25, 0.3) is 0 Å². The van der Waals surface area contributed by atoms with E-state index in [1.54, 1.807) is 4.68 Å². The maximum Gasteiger partial charge on any atom is 0.131 e. The first-order chi connectivity index (χ1) is 13.0. The summed E-state index contributed by atoms with van der Waals surface area (Å²) in [6.07, 6.45) is 0. The first-order valence-electron chi connectivity index (χ1n) is 9.77. The second-order valence-corrected chi connectivity index (χ2v) is 8.00. The maximum absolute atomic E-state index is 6.49. The van der Waals surface area contributed by atoms with Gasteiger partial charge in [0.05, 0.1) is 18.9 Å². The topological polar surface area (TPSA) is 42.3 Å². The number of rotatable bonds is 7. The molecule has 1 N–H and O–H groups in total. The molecule has 1 atom stereocenters. The van der Waals surface area contributed by atoms with E-state index in [4.69, 9.17) is 16.3 Å². The molecule has 3 rings (SSSR count). The van der Waals surface area contributed by atoms with Gasteiger partial charge in [-0.2, -0.15) is 5.10 Å². The van der Waals surface area contributed by atoms with Crippen LogP contribution in [0.2, 0.25) is 5.15 Å². The van der Waals surface area contributed by atoms with Crippen molar-refractivity contribution in [1.82, 2.24) is 20.0 Å². The van der Waals surface area contributed by atoms with Crippen LogP contribution in [0.3, 0.4) is 0 Å². The molecule has 0 amide bonds. The minimum atomic E-state index is 0.326. The molecule has 148 valence electrons. The summed E-state index contributed by atoms with van der Waals surface area (Å²) in [5, 5.41) is 8.96. The second-order valence-electron chi connectivity index (χ2n) is 7.64. The van der Waals surface area contributed by atoms with E-state index in [1.165, 1.54) is 11.1 Å². The Hall–Kier alpha value is -1.40. The minimum Gasteiger partial charge on any atom is -0.379 e. The van der Waals surface area contributed by atoms with E-state index < -0.39 is 0 Å². The first-order valence-corrected chi connectivity index (χ1v) is 10.2. The predicted molar refractivity (Wildman–Crippen MR) is 110 cm³/mol. The Kier molecular flexibility index (Phi) is 6.93. The zero-order valence-electron chi connectivity index (χ0n) is 16.8. The Morgan fingerprint density at radius 1 is 1.26 bits per heavy atom. The molecular formula is C21H31ClN4O. The zero-order valence-corrected chi connectivity index (χ0v) is 17.6. The summed E-state index contributed by atoms with van der Waals surface area (Å²) in [6.45, 7) is 11.6. The molecule has 1 aromatic heterocycles. The number of nitrogens with zero attached hydrogens (tertiary/aromatic N) is 3. The van der Waals surface area contributed by atoms with E-state index in [0.717, 1.165) is 55.8 Å². The van der Waals surface area contributed by atoms with Gasteiger partial charge >= 0.3 is 0 Å². The second kappa shape index (κ2) is 9.20. The van der Waals surface area contributed by atoms with Crippen molar-refractivity contribution in [2.45, 2.75) is 39.3 Å². The Labute approximate surface area is 167 Å². The van der Waals surface area contributed by atoms with Crippen molar-refractivity contribution in [3.63, 3.8) is 0 Å². The van der Waals surface area contributed by atoms with Crippen molar-refractivity contribution in [2.24, 2.45) is 7.05 Å². The normalized spacial score (nSPS) is 16.8. The molecule has 6 heteroatoms. The lowest BCUT2D eigenvalue weighted by atomic mass is 10.0. The molecule has 0 saturated carbocycles. The van der Waals surface area contributed by atoms with Crippen molar-refractivity contribution in [1.29, 1.82) is 0 Å². The van der Waals surface area contributed by atoms with Crippen molar-refractivity contribution in [3.05, 3.63) is 51.8 Å². The quantitative estimate of drug-likeness (QED) is 0.783. The Bertz CT molecular complexity index is 753. The zero-order chi connectivity index (χ0) is 19.4. The molecule has 1 aromatic carbocycles. The van der Waals surface area contributed by atoms with Gasteiger partial charge in [0.2, 0.25) is 0 Å². The Morgan fingerprint density at radius 3 is 2.67 bits per heavy atom. The molecule has 0 aliphatic carbocycles. The van der Waals surface area contributed by atoms with Gasteiger partial charge in [-0.05, 0) is 18.4 Å². The van der Waals surface area contributed by atoms with Crippen LogP contribution in [-0.4, -0.2) is 47.5 Å². The van der Waals surface area contributed by atoms with E-state index in [0.29, 0.717) is 12.0 Å². The van der Waals surface area contributed by atoms with Gasteiger partial charge < -0.3 is 10.1 Å². The number of hydrogen-bond acceptors (Lipinski definition) is 4. The van der Waals surface area contributed by atoms with Crippen molar-refractivity contribution in [2.75, 3.05) is 32.8 Å². The van der Waals surface area contributed by atoms with Crippen LogP contribution in [0, 0.1) is 6.92 Å². The van der Waals surface area contributed by atoms with Crippen LogP contribution in [0.25, 0.3) is 0 Å². The Morgan fingerprint density at radius 2 is 2.00 bits per heavy atom. The Balaban J connectivity index is 1.74. The summed E-state index contributed by atoms with van der Waals surface area (Å²) in [7, 11) is 1.90. The summed E-state index contributed by atoms with van der Waals surface area (Å²) in [5.74, 6) is 0.354. The van der Waals surface area contributed by atoms with E-state index in [-0.39, 0.29) is 0 Å². The molecule has 27 heavy (non-hydrogen) atoms. The number of benzene rings is 1. The average molecular weight is 391 g/mol. The minimum absolute atomic E-state index is 0.326. The van der Waals surface area contributed by atoms with E-state index in [1.807, 2.05) is 7.05 Å². The number of halogens is 1. The standard InChI is InChI=1S/C21H31ClN4O/c1-15(2)20-18(21(22)25(4)24-20)13-23-14-19(26-8-10-27-11-9-26)17-7-5-6-16(3)12-17/h5-7,12,15,19,23H,8-11,13-14H2,1-4H3. The van der Waals surface area contributed by atoms with E-state index in [2.05, 4.69) is 60.4 Å². The highest BCUT2D eigenvalue weighted by molar-refractivity contribution is 6.30. The highest BCUT2D eigenvalue weighted by atomic mass is 35.5. The van der Waals surface area contributed by atoms with Crippen molar-refractivity contribution >= 4 is 11.6 Å². The molecule has 2 heterocycles.